The van der Waals surface area contributed by atoms with Crippen molar-refractivity contribution in [2.24, 2.45) is 0 Å². The van der Waals surface area contributed by atoms with Crippen molar-refractivity contribution in [1.82, 2.24) is 9.88 Å². The van der Waals surface area contributed by atoms with E-state index in [1.54, 1.807) is 0 Å². The number of nitrogens with zero attached hydrogens (tertiary/aromatic N) is 3. The molecule has 1 unspecified atom stereocenters. The number of rotatable bonds is 1. The minimum atomic E-state index is 0.401. The van der Waals surface area contributed by atoms with Crippen molar-refractivity contribution < 1.29 is 0 Å². The summed E-state index contributed by atoms with van der Waals surface area (Å²) in [5.41, 5.74) is 1.70. The van der Waals surface area contributed by atoms with Crippen molar-refractivity contribution in [1.29, 1.82) is 0 Å². The van der Waals surface area contributed by atoms with Crippen LogP contribution in [-0.4, -0.2) is 42.1 Å². The molecule has 2 aliphatic heterocycles. The molecule has 3 rings (SSSR count). The topological polar surface area (TPSA) is 19.4 Å². The van der Waals surface area contributed by atoms with Crippen LogP contribution in [0.5, 0.6) is 0 Å². The predicted molar refractivity (Wildman–Crippen MR) is 65.7 cm³/mol. The lowest BCUT2D eigenvalue weighted by molar-refractivity contribution is 0.367. The van der Waals surface area contributed by atoms with Gasteiger partial charge in [0.25, 0.3) is 0 Å². The van der Waals surface area contributed by atoms with Gasteiger partial charge in [-0.3, -0.25) is 4.98 Å². The first-order chi connectivity index (χ1) is 7.80. The fraction of sp³-hybridized carbons (Fsp3) is 0.615. The lowest BCUT2D eigenvalue weighted by Crippen LogP contribution is -2.45. The van der Waals surface area contributed by atoms with Gasteiger partial charge >= 0.3 is 0 Å². The van der Waals surface area contributed by atoms with Crippen molar-refractivity contribution in [2.75, 3.05) is 31.6 Å². The molecule has 16 heavy (non-hydrogen) atoms. The Morgan fingerprint density at radius 1 is 1.31 bits per heavy atom. The van der Waals surface area contributed by atoms with Crippen LogP contribution in [0, 0.1) is 0 Å². The van der Waals surface area contributed by atoms with Gasteiger partial charge in [-0.05, 0) is 38.4 Å². The Hall–Kier alpha value is -1.09. The number of hydrogen-bond acceptors (Lipinski definition) is 3. The minimum absolute atomic E-state index is 0.401. The highest BCUT2D eigenvalue weighted by molar-refractivity contribution is 5.49. The molecule has 3 heterocycles. The van der Waals surface area contributed by atoms with Crippen LogP contribution in [0.1, 0.15) is 19.3 Å². The normalized spacial score (nSPS) is 30.4. The number of hydrogen-bond donors (Lipinski definition) is 0. The molecule has 1 aromatic heterocycles. The van der Waals surface area contributed by atoms with E-state index < -0.39 is 0 Å². The Bertz CT molecular complexity index is 365. The van der Waals surface area contributed by atoms with E-state index in [9.17, 15) is 0 Å². The molecule has 0 aromatic carbocycles. The molecule has 0 saturated carbocycles. The molecule has 2 aliphatic rings. The van der Waals surface area contributed by atoms with E-state index >= 15 is 0 Å². The number of likely N-dealkylation sites (tertiary alicyclic amines) is 1. The van der Waals surface area contributed by atoms with Gasteiger partial charge in [-0.25, -0.2) is 0 Å². The summed E-state index contributed by atoms with van der Waals surface area (Å²) in [5, 5.41) is 0. The van der Waals surface area contributed by atoms with E-state index in [4.69, 9.17) is 0 Å². The van der Waals surface area contributed by atoms with Gasteiger partial charge in [0.05, 0.1) is 17.4 Å². The number of anilines is 1. The molecule has 0 radical (unpaired) electrons. The molecule has 1 aromatic rings. The van der Waals surface area contributed by atoms with Crippen molar-refractivity contribution in [3.8, 4) is 0 Å². The number of pyridine rings is 1. The van der Waals surface area contributed by atoms with E-state index in [0.29, 0.717) is 5.54 Å². The maximum Gasteiger partial charge on any atom is 0.0557 e. The van der Waals surface area contributed by atoms with Crippen molar-refractivity contribution in [3.63, 3.8) is 0 Å². The fourth-order valence-electron chi connectivity index (χ4n) is 3.34. The largest absolute Gasteiger partial charge is 0.363 e. The van der Waals surface area contributed by atoms with Crippen LogP contribution in [-0.2, 0) is 0 Å². The quantitative estimate of drug-likeness (QED) is 0.714. The SMILES string of the molecule is CN1CCC2(CCCN2c2cccnc2)C1. The molecule has 0 amide bonds. The Kier molecular flexibility index (Phi) is 2.36. The lowest BCUT2D eigenvalue weighted by Gasteiger charge is -2.36. The molecule has 2 fully saturated rings. The highest BCUT2D eigenvalue weighted by Gasteiger charge is 2.44. The van der Waals surface area contributed by atoms with Gasteiger partial charge in [0, 0.05) is 25.8 Å². The molecule has 0 N–H and O–H groups in total. The van der Waals surface area contributed by atoms with E-state index in [-0.39, 0.29) is 0 Å². The Labute approximate surface area is 97.1 Å². The number of aromatic nitrogens is 1. The van der Waals surface area contributed by atoms with Crippen LogP contribution in [0.3, 0.4) is 0 Å². The molecule has 86 valence electrons. The van der Waals surface area contributed by atoms with E-state index in [1.807, 2.05) is 18.5 Å². The average Bonchev–Trinajstić information content (AvgIpc) is 2.88. The van der Waals surface area contributed by atoms with E-state index in [2.05, 4.69) is 27.9 Å². The molecule has 3 nitrogen and oxygen atoms in total. The highest BCUT2D eigenvalue weighted by atomic mass is 15.3. The van der Waals surface area contributed by atoms with Crippen LogP contribution in [0.2, 0.25) is 0 Å². The summed E-state index contributed by atoms with van der Waals surface area (Å²) < 4.78 is 0. The zero-order chi connectivity index (χ0) is 11.0. The third-order valence-electron chi connectivity index (χ3n) is 4.08. The molecular formula is C13H19N3. The molecule has 0 bridgehead atoms. The van der Waals surface area contributed by atoms with Gasteiger partial charge in [0.1, 0.15) is 0 Å². The Morgan fingerprint density at radius 2 is 2.25 bits per heavy atom. The zero-order valence-corrected chi connectivity index (χ0v) is 9.89. The standard InChI is InChI=1S/C13H19N3/c1-15-9-6-13(11-15)5-3-8-16(13)12-4-2-7-14-10-12/h2,4,7,10H,3,5-6,8-9,11H2,1H3. The second-order valence-electron chi connectivity index (χ2n) is 5.18. The van der Waals surface area contributed by atoms with Crippen molar-refractivity contribution in [3.05, 3.63) is 24.5 Å². The first-order valence-electron chi connectivity index (χ1n) is 6.16. The molecular weight excluding hydrogens is 198 g/mol. The van der Waals surface area contributed by atoms with Crippen LogP contribution >= 0.6 is 0 Å². The van der Waals surface area contributed by atoms with Gasteiger partial charge < -0.3 is 9.80 Å². The summed E-state index contributed by atoms with van der Waals surface area (Å²) in [7, 11) is 2.23. The number of likely N-dealkylation sites (N-methyl/N-ethyl adjacent to an activating group) is 1. The van der Waals surface area contributed by atoms with Gasteiger partial charge in [-0.1, -0.05) is 0 Å². The maximum absolute atomic E-state index is 4.25. The van der Waals surface area contributed by atoms with Crippen molar-refractivity contribution in [2.45, 2.75) is 24.8 Å². The summed E-state index contributed by atoms with van der Waals surface area (Å²) >= 11 is 0. The molecule has 1 spiro atoms. The summed E-state index contributed by atoms with van der Waals surface area (Å²) in [6, 6.07) is 4.23. The summed E-state index contributed by atoms with van der Waals surface area (Å²) in [4.78, 5) is 9.29. The first kappa shape index (κ1) is 10.1. The summed E-state index contributed by atoms with van der Waals surface area (Å²) in [5.74, 6) is 0. The molecule has 0 aliphatic carbocycles. The van der Waals surface area contributed by atoms with Crippen LogP contribution < -0.4 is 4.90 Å². The lowest BCUT2D eigenvalue weighted by atomic mass is 9.95. The van der Waals surface area contributed by atoms with E-state index in [0.717, 1.165) is 0 Å². The fourth-order valence-corrected chi connectivity index (χ4v) is 3.34. The second kappa shape index (κ2) is 3.74. The predicted octanol–water partition coefficient (Wildman–Crippen LogP) is 1.76. The average molecular weight is 217 g/mol. The van der Waals surface area contributed by atoms with Gasteiger partial charge in [-0.15, -0.1) is 0 Å². The summed E-state index contributed by atoms with van der Waals surface area (Å²) in [6.45, 7) is 3.64. The van der Waals surface area contributed by atoms with Crippen molar-refractivity contribution >= 4 is 5.69 Å². The maximum atomic E-state index is 4.25. The third kappa shape index (κ3) is 1.50. The van der Waals surface area contributed by atoms with E-state index in [1.165, 1.54) is 44.6 Å². The van der Waals surface area contributed by atoms with Gasteiger partial charge in [0.15, 0.2) is 0 Å². The van der Waals surface area contributed by atoms with Gasteiger partial charge in [-0.2, -0.15) is 0 Å². The smallest absolute Gasteiger partial charge is 0.0557 e. The highest BCUT2D eigenvalue weighted by Crippen LogP contribution is 2.39. The second-order valence-corrected chi connectivity index (χ2v) is 5.18. The monoisotopic (exact) mass is 217 g/mol. The van der Waals surface area contributed by atoms with Gasteiger partial charge in [0.2, 0.25) is 0 Å². The molecule has 1 atom stereocenters. The Morgan fingerprint density at radius 3 is 2.94 bits per heavy atom. The summed E-state index contributed by atoms with van der Waals surface area (Å²) in [6.07, 6.45) is 7.83. The van der Waals surface area contributed by atoms with Crippen LogP contribution in [0.25, 0.3) is 0 Å². The van der Waals surface area contributed by atoms with Crippen LogP contribution in [0.4, 0.5) is 5.69 Å². The molecule has 2 saturated heterocycles. The third-order valence-corrected chi connectivity index (χ3v) is 4.08. The van der Waals surface area contributed by atoms with Crippen LogP contribution in [0.15, 0.2) is 24.5 Å². The Balaban J connectivity index is 1.90. The zero-order valence-electron chi connectivity index (χ0n) is 9.89. The molecule has 3 heteroatoms. The minimum Gasteiger partial charge on any atom is -0.363 e. The first-order valence-corrected chi connectivity index (χ1v) is 6.16.